The molecule has 0 saturated carbocycles. The lowest BCUT2D eigenvalue weighted by molar-refractivity contribution is -0.135. The smallest absolute Gasteiger partial charge is 0.246 e. The molecule has 0 bridgehead atoms. The monoisotopic (exact) mass is 419 g/mol. The van der Waals surface area contributed by atoms with Gasteiger partial charge in [-0.25, -0.2) is 8.42 Å². The van der Waals surface area contributed by atoms with E-state index in [4.69, 9.17) is 0 Å². The summed E-state index contributed by atoms with van der Waals surface area (Å²) in [7, 11) is -3.53. The van der Waals surface area contributed by atoms with Crippen LogP contribution in [0.2, 0.25) is 0 Å². The van der Waals surface area contributed by atoms with Crippen molar-refractivity contribution in [1.82, 2.24) is 9.21 Å². The van der Waals surface area contributed by atoms with Crippen molar-refractivity contribution in [2.75, 3.05) is 31.1 Å². The average molecular weight is 420 g/mol. The first-order valence-electron chi connectivity index (χ1n) is 10.5. The number of nitrogens with zero attached hydrogens (tertiary/aromatic N) is 3. The number of fused-ring (bicyclic) bond motifs is 1. The van der Waals surface area contributed by atoms with Crippen molar-refractivity contribution >= 4 is 27.5 Å². The standard InChI is InChI=1S/C21H29N3O4S/c1-15-7-11-22(12-8-15)21(26)20-14-17-13-18(5-6-19(17)24(20)16(2)25)29(27,28)23-9-3-4-10-23/h5-6,13,15,20H,3-4,7-12,14H2,1-2H3/t20-/m0/s1. The summed E-state index contributed by atoms with van der Waals surface area (Å²) < 4.78 is 27.3. The predicted octanol–water partition coefficient (Wildman–Crippen LogP) is 2.01. The van der Waals surface area contributed by atoms with Crippen LogP contribution >= 0.6 is 0 Å². The van der Waals surface area contributed by atoms with Gasteiger partial charge in [-0.05, 0) is 55.4 Å². The molecule has 3 aliphatic heterocycles. The highest BCUT2D eigenvalue weighted by atomic mass is 32.2. The maximum atomic E-state index is 13.2. The average Bonchev–Trinajstić information content (AvgIpc) is 3.35. The number of sulfonamides is 1. The molecule has 3 aliphatic rings. The summed E-state index contributed by atoms with van der Waals surface area (Å²) in [6, 6.07) is 4.33. The van der Waals surface area contributed by atoms with E-state index in [2.05, 4.69) is 6.92 Å². The number of carbonyl (C=O) groups is 2. The van der Waals surface area contributed by atoms with E-state index in [1.54, 1.807) is 23.1 Å². The van der Waals surface area contributed by atoms with E-state index in [1.165, 1.54) is 11.2 Å². The Morgan fingerprint density at radius 1 is 1.03 bits per heavy atom. The van der Waals surface area contributed by atoms with Gasteiger partial charge in [0.25, 0.3) is 0 Å². The van der Waals surface area contributed by atoms with Crippen LogP contribution in [0.25, 0.3) is 0 Å². The van der Waals surface area contributed by atoms with Gasteiger partial charge in [0.15, 0.2) is 0 Å². The number of piperidine rings is 1. The highest BCUT2D eigenvalue weighted by Crippen LogP contribution is 2.36. The van der Waals surface area contributed by atoms with E-state index in [1.807, 2.05) is 4.90 Å². The van der Waals surface area contributed by atoms with Crippen molar-refractivity contribution in [3.63, 3.8) is 0 Å². The molecule has 2 amide bonds. The van der Waals surface area contributed by atoms with Crippen LogP contribution in [0, 0.1) is 5.92 Å². The van der Waals surface area contributed by atoms with E-state index in [9.17, 15) is 18.0 Å². The number of hydrogen-bond acceptors (Lipinski definition) is 4. The SMILES string of the molecule is CC(=O)N1c2ccc(S(=O)(=O)N3CCCC3)cc2C[C@H]1C(=O)N1CCC(C)CC1. The zero-order valence-corrected chi connectivity index (χ0v) is 18.0. The number of amides is 2. The maximum absolute atomic E-state index is 13.2. The number of rotatable bonds is 3. The number of likely N-dealkylation sites (tertiary alicyclic amines) is 1. The first kappa shape index (κ1) is 20.3. The van der Waals surface area contributed by atoms with E-state index >= 15 is 0 Å². The van der Waals surface area contributed by atoms with Gasteiger partial charge < -0.3 is 4.90 Å². The summed E-state index contributed by atoms with van der Waals surface area (Å²) in [6.07, 6.45) is 4.08. The van der Waals surface area contributed by atoms with Crippen molar-refractivity contribution in [2.24, 2.45) is 5.92 Å². The number of carbonyl (C=O) groups excluding carboxylic acids is 2. The predicted molar refractivity (Wildman–Crippen MR) is 110 cm³/mol. The van der Waals surface area contributed by atoms with Crippen LogP contribution in [0.4, 0.5) is 5.69 Å². The lowest BCUT2D eigenvalue weighted by atomic mass is 9.98. The zero-order valence-electron chi connectivity index (χ0n) is 17.1. The summed E-state index contributed by atoms with van der Waals surface area (Å²) in [5, 5.41) is 0. The molecular formula is C21H29N3O4S. The maximum Gasteiger partial charge on any atom is 0.246 e. The van der Waals surface area contributed by atoms with Gasteiger partial charge in [-0.3, -0.25) is 14.5 Å². The Bertz CT molecular complexity index is 916. The van der Waals surface area contributed by atoms with Gasteiger partial charge in [0.1, 0.15) is 6.04 Å². The molecule has 1 aromatic carbocycles. The van der Waals surface area contributed by atoms with E-state index in [0.717, 1.165) is 31.2 Å². The number of benzene rings is 1. The quantitative estimate of drug-likeness (QED) is 0.751. The van der Waals surface area contributed by atoms with Gasteiger partial charge in [-0.15, -0.1) is 0 Å². The van der Waals surface area contributed by atoms with Gasteiger partial charge in [0.2, 0.25) is 21.8 Å². The largest absolute Gasteiger partial charge is 0.341 e. The molecule has 2 fully saturated rings. The molecular weight excluding hydrogens is 390 g/mol. The minimum absolute atomic E-state index is 0.0350. The molecule has 0 radical (unpaired) electrons. The summed E-state index contributed by atoms with van der Waals surface area (Å²) in [6.45, 7) is 6.18. The molecule has 29 heavy (non-hydrogen) atoms. The lowest BCUT2D eigenvalue weighted by Crippen LogP contribution is -2.51. The Balaban J connectivity index is 1.61. The van der Waals surface area contributed by atoms with Crippen molar-refractivity contribution < 1.29 is 18.0 Å². The van der Waals surface area contributed by atoms with E-state index in [-0.39, 0.29) is 16.7 Å². The molecule has 0 N–H and O–H groups in total. The van der Waals surface area contributed by atoms with Crippen LogP contribution in [0.5, 0.6) is 0 Å². The van der Waals surface area contributed by atoms with Crippen LogP contribution in [0.1, 0.15) is 45.1 Å². The Morgan fingerprint density at radius 3 is 2.31 bits per heavy atom. The molecule has 0 aromatic heterocycles. The molecule has 0 spiro atoms. The summed E-state index contributed by atoms with van der Waals surface area (Å²) >= 11 is 0. The summed E-state index contributed by atoms with van der Waals surface area (Å²) in [5.74, 6) is 0.386. The van der Waals surface area contributed by atoms with Gasteiger partial charge in [0, 0.05) is 45.2 Å². The van der Waals surface area contributed by atoms with E-state index in [0.29, 0.717) is 44.2 Å². The fourth-order valence-corrected chi connectivity index (χ4v) is 6.26. The molecule has 2 saturated heterocycles. The fraction of sp³-hybridized carbons (Fsp3) is 0.619. The fourth-order valence-electron chi connectivity index (χ4n) is 4.69. The molecule has 0 aliphatic carbocycles. The third kappa shape index (κ3) is 3.68. The van der Waals surface area contributed by atoms with Crippen LogP contribution < -0.4 is 4.90 Å². The molecule has 7 nitrogen and oxygen atoms in total. The van der Waals surface area contributed by atoms with Crippen molar-refractivity contribution in [1.29, 1.82) is 0 Å². The van der Waals surface area contributed by atoms with Crippen LogP contribution in [-0.2, 0) is 26.0 Å². The highest BCUT2D eigenvalue weighted by molar-refractivity contribution is 7.89. The molecule has 1 aromatic rings. The molecule has 1 atom stereocenters. The topological polar surface area (TPSA) is 78.0 Å². The lowest BCUT2D eigenvalue weighted by Gasteiger charge is -2.34. The van der Waals surface area contributed by atoms with E-state index < -0.39 is 16.1 Å². The van der Waals surface area contributed by atoms with Crippen molar-refractivity contribution in [3.8, 4) is 0 Å². The van der Waals surface area contributed by atoms with Gasteiger partial charge >= 0.3 is 0 Å². The highest BCUT2D eigenvalue weighted by Gasteiger charge is 2.40. The minimum atomic E-state index is -3.53. The molecule has 158 valence electrons. The Hall–Kier alpha value is -1.93. The van der Waals surface area contributed by atoms with Crippen molar-refractivity contribution in [2.45, 2.75) is 56.9 Å². The third-order valence-electron chi connectivity index (χ3n) is 6.46. The number of anilines is 1. The second-order valence-electron chi connectivity index (χ2n) is 8.52. The van der Waals surface area contributed by atoms with Gasteiger partial charge in [0.05, 0.1) is 4.90 Å². The Kier molecular flexibility index (Phi) is 5.42. The third-order valence-corrected chi connectivity index (χ3v) is 8.35. The van der Waals surface area contributed by atoms with Crippen molar-refractivity contribution in [3.05, 3.63) is 23.8 Å². The Labute approximate surface area is 172 Å². The van der Waals surface area contributed by atoms with Crippen LogP contribution in [0.15, 0.2) is 23.1 Å². The second-order valence-corrected chi connectivity index (χ2v) is 10.5. The summed E-state index contributed by atoms with van der Waals surface area (Å²) in [4.78, 5) is 29.2. The second kappa shape index (κ2) is 7.72. The summed E-state index contributed by atoms with van der Waals surface area (Å²) in [5.41, 5.74) is 1.41. The molecule has 0 unspecified atom stereocenters. The molecule has 4 rings (SSSR count). The van der Waals surface area contributed by atoms with Gasteiger partial charge in [-0.2, -0.15) is 4.31 Å². The van der Waals surface area contributed by atoms with Crippen LogP contribution in [-0.4, -0.2) is 61.7 Å². The molecule has 3 heterocycles. The first-order chi connectivity index (χ1) is 13.8. The molecule has 8 heteroatoms. The normalized spacial score (nSPS) is 23.4. The zero-order chi connectivity index (χ0) is 20.8. The number of hydrogen-bond donors (Lipinski definition) is 0. The Morgan fingerprint density at radius 2 is 1.69 bits per heavy atom. The van der Waals surface area contributed by atoms with Crippen LogP contribution in [0.3, 0.4) is 0 Å². The minimum Gasteiger partial charge on any atom is -0.341 e. The first-order valence-corrected chi connectivity index (χ1v) is 11.9. The van der Waals surface area contributed by atoms with Gasteiger partial charge in [-0.1, -0.05) is 6.92 Å².